The van der Waals surface area contributed by atoms with E-state index in [4.69, 9.17) is 11.6 Å². The van der Waals surface area contributed by atoms with Gasteiger partial charge in [0.15, 0.2) is 0 Å². The molecule has 2 aromatic rings. The van der Waals surface area contributed by atoms with Crippen molar-refractivity contribution in [1.82, 2.24) is 16.1 Å². The lowest BCUT2D eigenvalue weighted by Crippen LogP contribution is -2.63. The molecular formula is C18H19ClN4OS. The number of rotatable bonds is 4. The van der Waals surface area contributed by atoms with Crippen LogP contribution in [-0.2, 0) is 10.5 Å². The number of fused-ring (bicyclic) bond motifs is 1. The Morgan fingerprint density at radius 3 is 2.68 bits per heavy atom. The van der Waals surface area contributed by atoms with Crippen LogP contribution in [0.15, 0.2) is 54.6 Å². The molecule has 0 saturated carbocycles. The highest BCUT2D eigenvalue weighted by Crippen LogP contribution is 2.28. The third kappa shape index (κ3) is 3.48. The predicted molar refractivity (Wildman–Crippen MR) is 102 cm³/mol. The van der Waals surface area contributed by atoms with Crippen molar-refractivity contribution in [3.05, 3.63) is 65.2 Å². The smallest absolute Gasteiger partial charge is 0.229 e. The molecular weight excluding hydrogens is 356 g/mol. The van der Waals surface area contributed by atoms with Gasteiger partial charge >= 0.3 is 0 Å². The van der Waals surface area contributed by atoms with Gasteiger partial charge in [-0.2, -0.15) is 0 Å². The molecule has 4 rings (SSSR count). The van der Waals surface area contributed by atoms with Crippen LogP contribution < -0.4 is 21.1 Å². The first-order valence-corrected chi connectivity index (χ1v) is 9.64. The maximum absolute atomic E-state index is 12.5. The fraction of sp³-hybridized carbons (Fsp3) is 0.278. The number of hydrazine groups is 1. The van der Waals surface area contributed by atoms with E-state index in [1.54, 1.807) is 11.8 Å². The molecule has 7 heteroatoms. The Morgan fingerprint density at radius 1 is 1.12 bits per heavy atom. The molecule has 130 valence electrons. The Kier molecular flexibility index (Phi) is 4.85. The molecule has 0 aromatic heterocycles. The zero-order valence-electron chi connectivity index (χ0n) is 13.5. The van der Waals surface area contributed by atoms with Gasteiger partial charge in [-0.25, -0.2) is 5.43 Å². The minimum absolute atomic E-state index is 0.0695. The van der Waals surface area contributed by atoms with Crippen LogP contribution in [-0.4, -0.2) is 24.1 Å². The van der Waals surface area contributed by atoms with E-state index in [9.17, 15) is 4.79 Å². The molecule has 2 aliphatic rings. The van der Waals surface area contributed by atoms with E-state index in [-0.39, 0.29) is 23.5 Å². The van der Waals surface area contributed by atoms with E-state index in [1.807, 2.05) is 59.6 Å². The third-order valence-corrected chi connectivity index (χ3v) is 5.90. The molecule has 3 N–H and O–H groups in total. The van der Waals surface area contributed by atoms with Gasteiger partial charge in [-0.05, 0) is 23.8 Å². The van der Waals surface area contributed by atoms with Gasteiger partial charge in [-0.3, -0.25) is 15.1 Å². The van der Waals surface area contributed by atoms with E-state index in [0.717, 1.165) is 22.0 Å². The number of carbonyl (C=O) groups is 1. The Hall–Kier alpha value is -1.73. The van der Waals surface area contributed by atoms with Crippen LogP contribution in [0.25, 0.3) is 0 Å². The van der Waals surface area contributed by atoms with Crippen LogP contribution in [0.3, 0.4) is 0 Å². The summed E-state index contributed by atoms with van der Waals surface area (Å²) in [6.07, 6.45) is -0.0695. The van der Waals surface area contributed by atoms with E-state index in [2.05, 4.69) is 16.1 Å². The third-order valence-electron chi connectivity index (χ3n) is 4.47. The minimum atomic E-state index is -0.156. The molecule has 25 heavy (non-hydrogen) atoms. The first-order valence-electron chi connectivity index (χ1n) is 8.21. The molecule has 0 spiro atoms. The molecule has 2 saturated heterocycles. The van der Waals surface area contributed by atoms with Crippen molar-refractivity contribution in [3.63, 3.8) is 0 Å². The molecule has 2 fully saturated rings. The average Bonchev–Trinajstić information content (AvgIpc) is 3.06. The number of hydrogen-bond donors (Lipinski definition) is 3. The van der Waals surface area contributed by atoms with E-state index in [1.165, 1.54) is 0 Å². The number of thioether (sulfide) groups is 1. The standard InChI is InChI=1S/C18H19ClN4OS/c19-15-9-5-4-6-12(15)11-25-18-21-16-14(17(24)22-18)10-20-23(16)13-7-2-1-3-8-13/h1-9,14,16,18,20-21H,10-11H2,(H,22,24). The first-order chi connectivity index (χ1) is 12.2. The fourth-order valence-corrected chi connectivity index (χ4v) is 4.48. The first kappa shape index (κ1) is 16.7. The molecule has 2 aromatic carbocycles. The van der Waals surface area contributed by atoms with Gasteiger partial charge < -0.3 is 5.32 Å². The second-order valence-electron chi connectivity index (χ2n) is 6.08. The molecule has 5 nitrogen and oxygen atoms in total. The second kappa shape index (κ2) is 7.25. The quantitative estimate of drug-likeness (QED) is 0.767. The zero-order chi connectivity index (χ0) is 17.2. The van der Waals surface area contributed by atoms with Gasteiger partial charge in [0, 0.05) is 17.3 Å². The number of nitrogens with zero attached hydrogens (tertiary/aromatic N) is 1. The van der Waals surface area contributed by atoms with Crippen molar-refractivity contribution in [1.29, 1.82) is 0 Å². The van der Waals surface area contributed by atoms with Crippen molar-refractivity contribution in [2.45, 2.75) is 17.4 Å². The van der Waals surface area contributed by atoms with Gasteiger partial charge in [0.05, 0.1) is 11.6 Å². The molecule has 3 atom stereocenters. The number of carbonyl (C=O) groups excluding carboxylic acids is 1. The highest BCUT2D eigenvalue weighted by atomic mass is 35.5. The van der Waals surface area contributed by atoms with Crippen LogP contribution in [0.1, 0.15) is 5.56 Å². The van der Waals surface area contributed by atoms with Gasteiger partial charge in [-0.1, -0.05) is 48.0 Å². The number of hydrogen-bond acceptors (Lipinski definition) is 5. The van der Waals surface area contributed by atoms with Crippen molar-refractivity contribution < 1.29 is 4.79 Å². The Morgan fingerprint density at radius 2 is 1.88 bits per heavy atom. The maximum Gasteiger partial charge on any atom is 0.229 e. The van der Waals surface area contributed by atoms with Crippen LogP contribution in [0.4, 0.5) is 5.69 Å². The van der Waals surface area contributed by atoms with Crippen molar-refractivity contribution in [2.24, 2.45) is 5.92 Å². The van der Waals surface area contributed by atoms with E-state index in [0.29, 0.717) is 6.54 Å². The SMILES string of the molecule is O=C1NC(SCc2ccccc2Cl)NC2C1CNN2c1ccccc1. The summed E-state index contributed by atoms with van der Waals surface area (Å²) in [7, 11) is 0. The van der Waals surface area contributed by atoms with Crippen LogP contribution >= 0.6 is 23.4 Å². The van der Waals surface area contributed by atoms with E-state index >= 15 is 0 Å². The summed E-state index contributed by atoms with van der Waals surface area (Å²) in [4.78, 5) is 12.5. The number of anilines is 1. The summed E-state index contributed by atoms with van der Waals surface area (Å²) in [6.45, 7) is 0.625. The molecule has 2 aliphatic heterocycles. The number of nitrogens with one attached hydrogen (secondary N) is 3. The summed E-state index contributed by atoms with van der Waals surface area (Å²) in [5.74, 6) is 0.692. The largest absolute Gasteiger partial charge is 0.331 e. The van der Waals surface area contributed by atoms with Crippen molar-refractivity contribution in [2.75, 3.05) is 11.6 Å². The van der Waals surface area contributed by atoms with Crippen molar-refractivity contribution in [3.8, 4) is 0 Å². The summed E-state index contributed by atoms with van der Waals surface area (Å²) < 4.78 is 0. The highest BCUT2D eigenvalue weighted by Gasteiger charge is 2.44. The Balaban J connectivity index is 1.46. The summed E-state index contributed by atoms with van der Waals surface area (Å²) in [6, 6.07) is 17.8. The molecule has 0 bridgehead atoms. The van der Waals surface area contributed by atoms with Gasteiger partial charge in [0.2, 0.25) is 5.91 Å². The molecule has 2 heterocycles. The lowest BCUT2D eigenvalue weighted by Gasteiger charge is -2.37. The number of amides is 1. The van der Waals surface area contributed by atoms with Crippen LogP contribution in [0, 0.1) is 5.92 Å². The number of benzene rings is 2. The Bertz CT molecular complexity index is 760. The minimum Gasteiger partial charge on any atom is -0.331 e. The summed E-state index contributed by atoms with van der Waals surface area (Å²) in [5.41, 5.74) is 5.29. The summed E-state index contributed by atoms with van der Waals surface area (Å²) in [5, 5.41) is 9.39. The summed E-state index contributed by atoms with van der Waals surface area (Å²) >= 11 is 7.86. The fourth-order valence-electron chi connectivity index (χ4n) is 3.17. The Labute approximate surface area is 156 Å². The molecule has 0 aliphatic carbocycles. The lowest BCUT2D eigenvalue weighted by atomic mass is 10.1. The topological polar surface area (TPSA) is 56.4 Å². The van der Waals surface area contributed by atoms with Crippen LogP contribution in [0.2, 0.25) is 5.02 Å². The lowest BCUT2D eigenvalue weighted by molar-refractivity contribution is -0.127. The van der Waals surface area contributed by atoms with Crippen molar-refractivity contribution >= 4 is 35.0 Å². The van der Waals surface area contributed by atoms with Gasteiger partial charge in [0.1, 0.15) is 11.7 Å². The van der Waals surface area contributed by atoms with Gasteiger partial charge in [-0.15, -0.1) is 11.8 Å². The van der Waals surface area contributed by atoms with Crippen LogP contribution in [0.5, 0.6) is 0 Å². The monoisotopic (exact) mass is 374 g/mol. The molecule has 1 amide bonds. The second-order valence-corrected chi connectivity index (χ2v) is 7.58. The number of halogens is 1. The highest BCUT2D eigenvalue weighted by molar-refractivity contribution is 7.99. The zero-order valence-corrected chi connectivity index (χ0v) is 15.1. The average molecular weight is 375 g/mol. The normalized spacial score (nSPS) is 25.6. The van der Waals surface area contributed by atoms with E-state index < -0.39 is 0 Å². The number of para-hydroxylation sites is 1. The maximum atomic E-state index is 12.5. The molecule has 3 unspecified atom stereocenters. The van der Waals surface area contributed by atoms with Gasteiger partial charge in [0.25, 0.3) is 0 Å². The molecule has 0 radical (unpaired) electrons. The predicted octanol–water partition coefficient (Wildman–Crippen LogP) is 2.54.